The number of nitrogens with zero attached hydrogens (tertiary/aromatic N) is 6. The fourth-order valence-electron chi connectivity index (χ4n) is 6.00. The number of para-hydroxylation sites is 1. The van der Waals surface area contributed by atoms with E-state index in [-0.39, 0.29) is 17.5 Å². The van der Waals surface area contributed by atoms with Gasteiger partial charge in [0.1, 0.15) is 5.69 Å². The number of carbonyl (C=O) groups is 2. The van der Waals surface area contributed by atoms with Crippen molar-refractivity contribution in [2.24, 2.45) is 11.8 Å². The summed E-state index contributed by atoms with van der Waals surface area (Å²) in [5.41, 5.74) is 2.24. The van der Waals surface area contributed by atoms with Crippen LogP contribution in [0.1, 0.15) is 36.5 Å². The van der Waals surface area contributed by atoms with Crippen molar-refractivity contribution in [1.29, 1.82) is 0 Å². The van der Waals surface area contributed by atoms with E-state index in [0.717, 1.165) is 42.4 Å². The summed E-state index contributed by atoms with van der Waals surface area (Å²) >= 11 is 0. The van der Waals surface area contributed by atoms with Crippen LogP contribution < -0.4 is 4.90 Å². The second-order valence-electron chi connectivity index (χ2n) is 10.5. The van der Waals surface area contributed by atoms with Crippen molar-refractivity contribution < 1.29 is 18.0 Å². The van der Waals surface area contributed by atoms with Crippen LogP contribution in [-0.4, -0.2) is 95.4 Å². The number of likely N-dealkylation sites (tertiary alicyclic amines) is 1. The Morgan fingerprint density at radius 3 is 2.32 bits per heavy atom. The number of carbonyl (C=O) groups excluding carboxylic acids is 2. The highest BCUT2D eigenvalue weighted by Crippen LogP contribution is 2.41. The molecule has 2 aromatic rings. The number of aromatic nitrogens is 2. The number of amides is 2. The normalized spacial score (nSPS) is 24.7. The Labute approximate surface area is 218 Å². The van der Waals surface area contributed by atoms with Crippen molar-refractivity contribution in [3.63, 3.8) is 0 Å². The van der Waals surface area contributed by atoms with E-state index in [1.165, 1.54) is 11.9 Å². The number of fused-ring (bicyclic) bond motifs is 1. The van der Waals surface area contributed by atoms with Gasteiger partial charge in [0.05, 0.1) is 42.3 Å². The number of anilines is 1. The van der Waals surface area contributed by atoms with Gasteiger partial charge in [-0.15, -0.1) is 0 Å². The number of benzene rings is 1. The van der Waals surface area contributed by atoms with Crippen molar-refractivity contribution in [3.05, 3.63) is 54.1 Å². The van der Waals surface area contributed by atoms with Gasteiger partial charge in [0.2, 0.25) is 15.9 Å². The van der Waals surface area contributed by atoms with Gasteiger partial charge in [-0.2, -0.15) is 0 Å². The summed E-state index contributed by atoms with van der Waals surface area (Å²) in [6, 6.07) is 9.37. The summed E-state index contributed by atoms with van der Waals surface area (Å²) in [5, 5.41) is 0. The molecule has 198 valence electrons. The molecule has 3 aliphatic heterocycles. The Balaban J connectivity index is 1.24. The van der Waals surface area contributed by atoms with Crippen LogP contribution in [0.3, 0.4) is 0 Å². The lowest BCUT2D eigenvalue weighted by Gasteiger charge is -2.35. The number of piperazine rings is 1. The van der Waals surface area contributed by atoms with Crippen LogP contribution >= 0.6 is 0 Å². The summed E-state index contributed by atoms with van der Waals surface area (Å²) in [6.45, 7) is 8.52. The lowest BCUT2D eigenvalue weighted by atomic mass is 9.88. The monoisotopic (exact) mass is 526 g/mol. The van der Waals surface area contributed by atoms with Gasteiger partial charge >= 0.3 is 0 Å². The van der Waals surface area contributed by atoms with E-state index in [1.807, 2.05) is 19.9 Å². The number of hydrogen-bond donors (Lipinski definition) is 0. The molecule has 3 saturated heterocycles. The highest BCUT2D eigenvalue weighted by Gasteiger charge is 2.58. The van der Waals surface area contributed by atoms with Crippen molar-refractivity contribution >= 4 is 27.5 Å². The van der Waals surface area contributed by atoms with Gasteiger partial charge < -0.3 is 9.80 Å². The van der Waals surface area contributed by atoms with Crippen molar-refractivity contribution in [1.82, 2.24) is 24.1 Å². The van der Waals surface area contributed by atoms with Crippen LogP contribution in [0, 0.1) is 11.8 Å². The molecule has 10 nitrogen and oxygen atoms in total. The van der Waals surface area contributed by atoms with Gasteiger partial charge in [0, 0.05) is 45.0 Å². The number of rotatable bonds is 6. The largest absolute Gasteiger partial charge is 0.369 e. The lowest BCUT2D eigenvalue weighted by molar-refractivity contribution is -0.129. The Morgan fingerprint density at radius 1 is 1.03 bits per heavy atom. The molecular weight excluding hydrogens is 492 g/mol. The third-order valence-electron chi connectivity index (χ3n) is 7.73. The second kappa shape index (κ2) is 10.0. The van der Waals surface area contributed by atoms with E-state index in [0.29, 0.717) is 19.5 Å². The average molecular weight is 527 g/mol. The molecule has 0 bridgehead atoms. The van der Waals surface area contributed by atoms with Crippen molar-refractivity contribution in [2.45, 2.75) is 38.9 Å². The zero-order valence-electron chi connectivity index (χ0n) is 21.5. The summed E-state index contributed by atoms with van der Waals surface area (Å²) in [5.74, 6) is -1.39. The minimum absolute atomic E-state index is 0.101. The Bertz CT molecular complexity index is 1250. The van der Waals surface area contributed by atoms with Crippen LogP contribution in [-0.2, 0) is 21.4 Å². The van der Waals surface area contributed by atoms with E-state index in [9.17, 15) is 18.0 Å². The molecule has 11 heteroatoms. The van der Waals surface area contributed by atoms with Crippen LogP contribution in [0.2, 0.25) is 0 Å². The predicted octanol–water partition coefficient (Wildman–Crippen LogP) is 1.46. The first-order valence-electron chi connectivity index (χ1n) is 12.8. The standard InChI is InChI=1S/C26H34N6O4S/c1-18(2)23-24-22(32(26(23)34)37(3,35)36)9-10-31(24)25(33)21-16-27-19(15-28-21)17-29-11-13-30(14-12-29)20-7-5-4-6-8-20/h4-8,15-16,18,22-24H,9-14,17H2,1-3H3/t22-,23+,24-/m0/s1. The topological polar surface area (TPSA) is 107 Å². The Morgan fingerprint density at radius 2 is 1.73 bits per heavy atom. The number of sulfonamides is 1. The van der Waals surface area contributed by atoms with Gasteiger partial charge in [-0.1, -0.05) is 32.0 Å². The van der Waals surface area contributed by atoms with Gasteiger partial charge in [0.25, 0.3) is 5.91 Å². The summed E-state index contributed by atoms with van der Waals surface area (Å²) < 4.78 is 25.7. The van der Waals surface area contributed by atoms with E-state index in [2.05, 4.69) is 44.0 Å². The highest BCUT2D eigenvalue weighted by molar-refractivity contribution is 7.88. The molecule has 1 aromatic carbocycles. The molecule has 4 heterocycles. The summed E-state index contributed by atoms with van der Waals surface area (Å²) in [4.78, 5) is 41.7. The van der Waals surface area contributed by atoms with Gasteiger partial charge in [-0.3, -0.25) is 19.5 Å². The zero-order chi connectivity index (χ0) is 26.3. The lowest BCUT2D eigenvalue weighted by Crippen LogP contribution is -2.46. The molecule has 3 atom stereocenters. The molecule has 3 fully saturated rings. The van der Waals surface area contributed by atoms with Crippen LogP contribution in [0.25, 0.3) is 0 Å². The van der Waals surface area contributed by atoms with Gasteiger partial charge in [-0.05, 0) is 24.5 Å². The molecule has 1 aromatic heterocycles. The van der Waals surface area contributed by atoms with Crippen molar-refractivity contribution in [2.75, 3.05) is 43.9 Å². The summed E-state index contributed by atoms with van der Waals surface area (Å²) in [6.07, 6.45) is 4.63. The van der Waals surface area contributed by atoms with Gasteiger partial charge in [0.15, 0.2) is 0 Å². The fourth-order valence-corrected chi connectivity index (χ4v) is 7.17. The van der Waals surface area contributed by atoms with E-state index in [4.69, 9.17) is 0 Å². The fraction of sp³-hybridized carbons (Fsp3) is 0.538. The smallest absolute Gasteiger partial charge is 0.274 e. The molecule has 0 aliphatic carbocycles. The molecule has 3 aliphatic rings. The predicted molar refractivity (Wildman–Crippen MR) is 139 cm³/mol. The van der Waals surface area contributed by atoms with Crippen LogP contribution in [0.15, 0.2) is 42.7 Å². The SMILES string of the molecule is CC(C)[C@H]1C(=O)N(S(C)(=O)=O)[C@H]2CCN(C(=O)c3cnc(CN4CCN(c5ccccc5)CC4)cn3)[C@H]12. The molecule has 0 saturated carbocycles. The molecule has 0 N–H and O–H groups in total. The first-order valence-corrected chi connectivity index (χ1v) is 14.7. The minimum Gasteiger partial charge on any atom is -0.369 e. The average Bonchev–Trinajstić information content (AvgIpc) is 3.41. The third-order valence-corrected chi connectivity index (χ3v) is 8.90. The first-order chi connectivity index (χ1) is 17.6. The summed E-state index contributed by atoms with van der Waals surface area (Å²) in [7, 11) is -3.72. The maximum Gasteiger partial charge on any atom is 0.274 e. The van der Waals surface area contributed by atoms with Crippen LogP contribution in [0.4, 0.5) is 5.69 Å². The quantitative estimate of drug-likeness (QED) is 0.557. The molecule has 0 spiro atoms. The molecule has 2 amide bonds. The van der Waals surface area contributed by atoms with Crippen molar-refractivity contribution in [3.8, 4) is 0 Å². The molecule has 0 radical (unpaired) electrons. The first kappa shape index (κ1) is 25.6. The van der Waals surface area contributed by atoms with E-state index >= 15 is 0 Å². The maximum atomic E-state index is 13.4. The zero-order valence-corrected chi connectivity index (χ0v) is 22.3. The highest BCUT2D eigenvalue weighted by atomic mass is 32.2. The molecular formula is C26H34N6O4S. The molecule has 5 rings (SSSR count). The third kappa shape index (κ3) is 4.94. The molecule has 0 unspecified atom stereocenters. The van der Waals surface area contributed by atoms with E-state index < -0.39 is 33.9 Å². The van der Waals surface area contributed by atoms with Crippen LogP contribution in [0.5, 0.6) is 0 Å². The Hall–Kier alpha value is -3.05. The molecule has 37 heavy (non-hydrogen) atoms. The van der Waals surface area contributed by atoms with E-state index in [1.54, 1.807) is 11.1 Å². The second-order valence-corrected chi connectivity index (χ2v) is 12.4. The minimum atomic E-state index is -3.72. The maximum absolute atomic E-state index is 13.4. The Kier molecular flexibility index (Phi) is 6.93. The number of hydrogen-bond acceptors (Lipinski definition) is 8. The van der Waals surface area contributed by atoms with Gasteiger partial charge in [-0.25, -0.2) is 17.7 Å².